The molecule has 0 saturated carbocycles. The molecule has 0 atom stereocenters. The summed E-state index contributed by atoms with van der Waals surface area (Å²) in [7, 11) is 2.11. The number of benzene rings is 1. The van der Waals surface area contributed by atoms with Crippen LogP contribution in [0, 0.1) is 0 Å². The molecule has 21 heavy (non-hydrogen) atoms. The van der Waals surface area contributed by atoms with Gasteiger partial charge in [-0.05, 0) is 46.0 Å². The van der Waals surface area contributed by atoms with Gasteiger partial charge in [0.15, 0.2) is 0 Å². The number of anilines is 2. The Kier molecular flexibility index (Phi) is 5.44. The van der Waals surface area contributed by atoms with E-state index in [9.17, 15) is 4.79 Å². The number of fused-ring (bicyclic) bond motifs is 1. The molecule has 0 fully saturated rings. The van der Waals surface area contributed by atoms with E-state index in [0.29, 0.717) is 12.6 Å². The number of carbonyl (C=O) groups excluding carboxylic acids is 1. The third-order valence-electron chi connectivity index (χ3n) is 3.91. The Balaban J connectivity index is 1.87. The molecule has 1 aliphatic heterocycles. The zero-order valence-corrected chi connectivity index (χ0v) is 13.2. The lowest BCUT2D eigenvalue weighted by Gasteiger charge is -2.23. The fourth-order valence-corrected chi connectivity index (χ4v) is 2.35. The molecule has 0 spiro atoms. The number of nitrogens with one attached hydrogen (secondary N) is 3. The molecule has 3 N–H and O–H groups in total. The van der Waals surface area contributed by atoms with Crippen LogP contribution in [-0.2, 0) is 0 Å². The maximum atomic E-state index is 12.3. The molecule has 0 aliphatic carbocycles. The van der Waals surface area contributed by atoms with Gasteiger partial charge in [0.25, 0.3) is 5.91 Å². The average molecular weight is 290 g/mol. The second-order valence-corrected chi connectivity index (χ2v) is 5.77. The molecular formula is C16H26N4O. The summed E-state index contributed by atoms with van der Waals surface area (Å²) in [5.41, 5.74) is 2.64. The van der Waals surface area contributed by atoms with Crippen LogP contribution in [0.5, 0.6) is 0 Å². The molecule has 0 saturated heterocycles. The van der Waals surface area contributed by atoms with Crippen molar-refractivity contribution in [2.45, 2.75) is 26.3 Å². The normalized spacial score (nSPS) is 13.6. The Morgan fingerprint density at radius 2 is 2.10 bits per heavy atom. The van der Waals surface area contributed by atoms with Gasteiger partial charge in [0, 0.05) is 25.7 Å². The average Bonchev–Trinajstić information content (AvgIpc) is 2.50. The quantitative estimate of drug-likeness (QED) is 0.701. The summed E-state index contributed by atoms with van der Waals surface area (Å²) in [5, 5.41) is 9.62. The van der Waals surface area contributed by atoms with E-state index in [1.165, 1.54) is 0 Å². The molecule has 1 aliphatic rings. The lowest BCUT2D eigenvalue weighted by molar-refractivity contribution is 0.0952. The second kappa shape index (κ2) is 7.31. The van der Waals surface area contributed by atoms with Gasteiger partial charge in [-0.2, -0.15) is 0 Å². The lowest BCUT2D eigenvalue weighted by atomic mass is 10.1. The molecule has 1 amide bonds. The van der Waals surface area contributed by atoms with Crippen molar-refractivity contribution in [2.75, 3.05) is 43.9 Å². The van der Waals surface area contributed by atoms with Crippen LogP contribution in [0.3, 0.4) is 0 Å². The Labute approximate surface area is 127 Å². The van der Waals surface area contributed by atoms with Crippen molar-refractivity contribution in [1.29, 1.82) is 0 Å². The van der Waals surface area contributed by atoms with Crippen molar-refractivity contribution in [2.24, 2.45) is 0 Å². The predicted molar refractivity (Wildman–Crippen MR) is 88.1 cm³/mol. The number of amides is 1. The van der Waals surface area contributed by atoms with Crippen molar-refractivity contribution in [3.8, 4) is 0 Å². The predicted octanol–water partition coefficient (Wildman–Crippen LogP) is 1.98. The van der Waals surface area contributed by atoms with Gasteiger partial charge in [-0.1, -0.05) is 6.07 Å². The van der Waals surface area contributed by atoms with E-state index in [1.807, 2.05) is 18.2 Å². The first-order chi connectivity index (χ1) is 10.1. The highest BCUT2D eigenvalue weighted by Gasteiger charge is 2.16. The lowest BCUT2D eigenvalue weighted by Crippen LogP contribution is -2.32. The van der Waals surface area contributed by atoms with Crippen LogP contribution >= 0.6 is 0 Å². The fourth-order valence-electron chi connectivity index (χ4n) is 2.35. The highest BCUT2D eigenvalue weighted by molar-refractivity contribution is 6.02. The van der Waals surface area contributed by atoms with Crippen LogP contribution in [0.2, 0.25) is 0 Å². The summed E-state index contributed by atoms with van der Waals surface area (Å²) in [4.78, 5) is 14.6. The Hall–Kier alpha value is -1.75. The maximum absolute atomic E-state index is 12.3. The first-order valence-electron chi connectivity index (χ1n) is 7.69. The number of rotatable bonds is 6. The van der Waals surface area contributed by atoms with Crippen molar-refractivity contribution < 1.29 is 4.79 Å². The smallest absolute Gasteiger partial charge is 0.253 e. The van der Waals surface area contributed by atoms with Gasteiger partial charge in [0.1, 0.15) is 0 Å². The standard InChI is InChI=1S/C16H26N4O/c1-12(2)20(3)11-5-8-19-16(21)13-6-4-7-14-15(13)18-10-9-17-14/h4,6-7,12,17-18H,5,8-11H2,1-3H3,(H,19,21). The molecule has 0 bridgehead atoms. The number of nitrogens with zero attached hydrogens (tertiary/aromatic N) is 1. The molecule has 1 aromatic carbocycles. The molecule has 2 rings (SSSR count). The molecular weight excluding hydrogens is 264 g/mol. The first-order valence-corrected chi connectivity index (χ1v) is 7.69. The summed E-state index contributed by atoms with van der Waals surface area (Å²) in [6, 6.07) is 6.32. The molecule has 0 aromatic heterocycles. The van der Waals surface area contributed by atoms with E-state index in [-0.39, 0.29) is 5.91 Å². The Bertz CT molecular complexity index is 487. The summed E-state index contributed by atoms with van der Waals surface area (Å²) >= 11 is 0. The molecule has 5 heteroatoms. The molecule has 0 radical (unpaired) electrons. The van der Waals surface area contributed by atoms with E-state index >= 15 is 0 Å². The van der Waals surface area contributed by atoms with Gasteiger partial charge in [-0.25, -0.2) is 0 Å². The van der Waals surface area contributed by atoms with Crippen molar-refractivity contribution in [3.05, 3.63) is 23.8 Å². The summed E-state index contributed by atoms with van der Waals surface area (Å²) in [6.07, 6.45) is 0.959. The van der Waals surface area contributed by atoms with Crippen molar-refractivity contribution >= 4 is 17.3 Å². The minimum absolute atomic E-state index is 0.00440. The third kappa shape index (κ3) is 4.11. The van der Waals surface area contributed by atoms with Crippen molar-refractivity contribution in [1.82, 2.24) is 10.2 Å². The molecule has 1 aromatic rings. The summed E-state index contributed by atoms with van der Waals surface area (Å²) in [5.74, 6) is -0.00440. The van der Waals surface area contributed by atoms with E-state index in [2.05, 4.69) is 41.7 Å². The third-order valence-corrected chi connectivity index (χ3v) is 3.91. The maximum Gasteiger partial charge on any atom is 0.253 e. The van der Waals surface area contributed by atoms with Gasteiger partial charge < -0.3 is 20.9 Å². The van der Waals surface area contributed by atoms with Gasteiger partial charge in [-0.15, -0.1) is 0 Å². The Morgan fingerprint density at radius 3 is 2.86 bits per heavy atom. The summed E-state index contributed by atoms with van der Waals surface area (Å²) in [6.45, 7) is 7.77. The van der Waals surface area contributed by atoms with Crippen LogP contribution in [0.15, 0.2) is 18.2 Å². The topological polar surface area (TPSA) is 56.4 Å². The van der Waals surface area contributed by atoms with Crippen LogP contribution < -0.4 is 16.0 Å². The zero-order valence-electron chi connectivity index (χ0n) is 13.2. The van der Waals surface area contributed by atoms with Crippen LogP contribution in [0.4, 0.5) is 11.4 Å². The monoisotopic (exact) mass is 290 g/mol. The van der Waals surface area contributed by atoms with Gasteiger partial charge in [0.05, 0.1) is 16.9 Å². The van der Waals surface area contributed by atoms with Crippen LogP contribution in [0.25, 0.3) is 0 Å². The number of carbonyl (C=O) groups is 1. The van der Waals surface area contributed by atoms with Crippen LogP contribution in [-0.4, -0.2) is 50.1 Å². The number of hydrogen-bond donors (Lipinski definition) is 3. The number of hydrogen-bond acceptors (Lipinski definition) is 4. The zero-order chi connectivity index (χ0) is 15.2. The molecule has 0 unspecified atom stereocenters. The van der Waals surface area contributed by atoms with E-state index in [1.54, 1.807) is 0 Å². The highest BCUT2D eigenvalue weighted by atomic mass is 16.1. The molecule has 1 heterocycles. The SMILES string of the molecule is CC(C)N(C)CCCNC(=O)c1cccc2c1NCCN2. The summed E-state index contributed by atoms with van der Waals surface area (Å²) < 4.78 is 0. The molecule has 5 nitrogen and oxygen atoms in total. The minimum Gasteiger partial charge on any atom is -0.382 e. The second-order valence-electron chi connectivity index (χ2n) is 5.77. The first kappa shape index (κ1) is 15.6. The van der Waals surface area contributed by atoms with Gasteiger partial charge in [0.2, 0.25) is 0 Å². The highest BCUT2D eigenvalue weighted by Crippen LogP contribution is 2.28. The largest absolute Gasteiger partial charge is 0.382 e. The van der Waals surface area contributed by atoms with E-state index in [0.717, 1.165) is 43.0 Å². The van der Waals surface area contributed by atoms with Crippen LogP contribution in [0.1, 0.15) is 30.6 Å². The van der Waals surface area contributed by atoms with Gasteiger partial charge >= 0.3 is 0 Å². The van der Waals surface area contributed by atoms with E-state index in [4.69, 9.17) is 0 Å². The van der Waals surface area contributed by atoms with E-state index < -0.39 is 0 Å². The number of para-hydroxylation sites is 1. The van der Waals surface area contributed by atoms with Gasteiger partial charge in [-0.3, -0.25) is 4.79 Å². The Morgan fingerprint density at radius 1 is 1.33 bits per heavy atom. The fraction of sp³-hybridized carbons (Fsp3) is 0.562. The minimum atomic E-state index is -0.00440. The molecule has 116 valence electrons. The van der Waals surface area contributed by atoms with Crippen molar-refractivity contribution in [3.63, 3.8) is 0 Å².